The molecule has 1 aromatic heterocycles. The predicted molar refractivity (Wildman–Crippen MR) is 76.2 cm³/mol. The number of hydrogen-bond acceptors (Lipinski definition) is 3. The Labute approximate surface area is 120 Å². The minimum Gasteiger partial charge on any atom is -0.340 e. The lowest BCUT2D eigenvalue weighted by molar-refractivity contribution is 1.05. The first kappa shape index (κ1) is 13.4. The summed E-state index contributed by atoms with van der Waals surface area (Å²) in [6.45, 7) is 1.99. The summed E-state index contributed by atoms with van der Waals surface area (Å²) in [6.07, 6.45) is 2.16. The zero-order chi connectivity index (χ0) is 13.1. The molecule has 0 saturated heterocycles. The molecule has 0 saturated carbocycles. The quantitative estimate of drug-likeness (QED) is 0.832. The van der Waals surface area contributed by atoms with Crippen LogP contribution in [0, 0.1) is 0 Å². The molecule has 2 rings (SSSR count). The average molecular weight is 303 g/mol. The number of anilines is 2. The van der Waals surface area contributed by atoms with Crippen molar-refractivity contribution < 1.29 is 0 Å². The molecule has 0 aliphatic carbocycles. The lowest BCUT2D eigenvalue weighted by atomic mass is 10.2. The second kappa shape index (κ2) is 5.74. The third-order valence-corrected chi connectivity index (χ3v) is 3.49. The van der Waals surface area contributed by atoms with Crippen LogP contribution in [0.4, 0.5) is 11.5 Å². The van der Waals surface area contributed by atoms with Crippen molar-refractivity contribution in [1.82, 2.24) is 9.97 Å². The van der Waals surface area contributed by atoms with Crippen LogP contribution in [-0.2, 0) is 6.42 Å². The molecule has 0 radical (unpaired) electrons. The first-order chi connectivity index (χ1) is 8.61. The van der Waals surface area contributed by atoms with E-state index in [0.717, 1.165) is 17.7 Å². The molecular weight excluding hydrogens is 293 g/mol. The molecule has 1 N–H and O–H groups in total. The molecule has 0 amide bonds. The Morgan fingerprint density at radius 2 is 1.89 bits per heavy atom. The molecule has 18 heavy (non-hydrogen) atoms. The highest BCUT2D eigenvalue weighted by molar-refractivity contribution is 6.42. The zero-order valence-electron chi connectivity index (χ0n) is 9.54. The van der Waals surface area contributed by atoms with E-state index < -0.39 is 0 Å². The van der Waals surface area contributed by atoms with Crippen molar-refractivity contribution in [3.8, 4) is 0 Å². The molecule has 1 heterocycles. The van der Waals surface area contributed by atoms with Gasteiger partial charge in [-0.15, -0.1) is 0 Å². The largest absolute Gasteiger partial charge is 0.340 e. The van der Waals surface area contributed by atoms with Gasteiger partial charge in [-0.2, -0.15) is 0 Å². The molecule has 2 aromatic rings. The van der Waals surface area contributed by atoms with Crippen molar-refractivity contribution in [3.63, 3.8) is 0 Å². The Balaban J connectivity index is 2.34. The number of nitrogens with zero attached hydrogens (tertiary/aromatic N) is 2. The van der Waals surface area contributed by atoms with Crippen molar-refractivity contribution in [1.29, 1.82) is 0 Å². The average Bonchev–Trinajstić information content (AvgIpc) is 2.34. The normalized spacial score (nSPS) is 10.4. The number of nitrogens with one attached hydrogen (secondary N) is 1. The highest BCUT2D eigenvalue weighted by atomic mass is 35.5. The van der Waals surface area contributed by atoms with Crippen molar-refractivity contribution in [2.24, 2.45) is 0 Å². The summed E-state index contributed by atoms with van der Waals surface area (Å²) >= 11 is 17.8. The summed E-state index contributed by atoms with van der Waals surface area (Å²) in [5.74, 6) is 0.677. The molecule has 0 unspecified atom stereocenters. The van der Waals surface area contributed by atoms with Crippen molar-refractivity contribution in [2.45, 2.75) is 13.3 Å². The number of rotatable bonds is 3. The summed E-state index contributed by atoms with van der Waals surface area (Å²) in [7, 11) is 0. The molecule has 0 fully saturated rings. The maximum atomic E-state index is 6.01. The van der Waals surface area contributed by atoms with Gasteiger partial charge in [-0.1, -0.05) is 41.7 Å². The Morgan fingerprint density at radius 3 is 2.56 bits per heavy atom. The second-order valence-electron chi connectivity index (χ2n) is 3.60. The van der Waals surface area contributed by atoms with Crippen LogP contribution in [0.2, 0.25) is 15.2 Å². The van der Waals surface area contributed by atoms with Crippen LogP contribution < -0.4 is 5.32 Å². The van der Waals surface area contributed by atoms with Gasteiger partial charge in [0.15, 0.2) is 0 Å². The number of benzene rings is 1. The fourth-order valence-corrected chi connectivity index (χ4v) is 2.09. The number of hydrogen-bond donors (Lipinski definition) is 1. The minimum atomic E-state index is 0.454. The van der Waals surface area contributed by atoms with Crippen molar-refractivity contribution in [2.75, 3.05) is 5.32 Å². The molecule has 0 aliphatic heterocycles. The Morgan fingerprint density at radius 1 is 1.11 bits per heavy atom. The van der Waals surface area contributed by atoms with Crippen LogP contribution in [-0.4, -0.2) is 9.97 Å². The van der Waals surface area contributed by atoms with Gasteiger partial charge in [0.2, 0.25) is 0 Å². The van der Waals surface area contributed by atoms with Crippen molar-refractivity contribution >= 4 is 46.3 Å². The van der Waals surface area contributed by atoms with E-state index >= 15 is 0 Å². The van der Waals surface area contributed by atoms with Gasteiger partial charge in [-0.3, -0.25) is 0 Å². The fraction of sp³-hybridized carbons (Fsp3) is 0.167. The number of aromatic nitrogens is 2. The Bertz CT molecular complexity index is 572. The fourth-order valence-electron chi connectivity index (χ4n) is 1.52. The van der Waals surface area contributed by atoms with Crippen LogP contribution >= 0.6 is 34.8 Å². The highest BCUT2D eigenvalue weighted by Crippen LogP contribution is 2.28. The van der Waals surface area contributed by atoms with Gasteiger partial charge in [-0.05, 0) is 24.6 Å². The lowest BCUT2D eigenvalue weighted by Crippen LogP contribution is -2.00. The summed E-state index contributed by atoms with van der Waals surface area (Å²) in [6, 6.07) is 5.28. The summed E-state index contributed by atoms with van der Waals surface area (Å²) in [4.78, 5) is 8.13. The van der Waals surface area contributed by atoms with Gasteiger partial charge < -0.3 is 5.32 Å². The molecule has 0 atom stereocenters. The first-order valence-corrected chi connectivity index (χ1v) is 6.46. The first-order valence-electron chi connectivity index (χ1n) is 5.33. The van der Waals surface area contributed by atoms with Crippen LogP contribution in [0.5, 0.6) is 0 Å². The summed E-state index contributed by atoms with van der Waals surface area (Å²) < 4.78 is 0. The van der Waals surface area contributed by atoms with E-state index in [0.29, 0.717) is 21.0 Å². The molecular formula is C12H10Cl3N3. The Hall–Kier alpha value is -1.03. The van der Waals surface area contributed by atoms with Crippen LogP contribution in [0.25, 0.3) is 0 Å². The molecule has 6 heteroatoms. The van der Waals surface area contributed by atoms with Gasteiger partial charge in [0, 0.05) is 11.3 Å². The monoisotopic (exact) mass is 301 g/mol. The molecule has 0 aliphatic rings. The molecule has 0 bridgehead atoms. The van der Waals surface area contributed by atoms with E-state index in [9.17, 15) is 0 Å². The van der Waals surface area contributed by atoms with E-state index in [-0.39, 0.29) is 0 Å². The van der Waals surface area contributed by atoms with Crippen LogP contribution in [0.3, 0.4) is 0 Å². The highest BCUT2D eigenvalue weighted by Gasteiger charge is 2.08. The van der Waals surface area contributed by atoms with E-state index in [2.05, 4.69) is 15.3 Å². The second-order valence-corrected chi connectivity index (χ2v) is 4.77. The number of halogens is 3. The van der Waals surface area contributed by atoms with Gasteiger partial charge in [0.05, 0.1) is 10.0 Å². The summed E-state index contributed by atoms with van der Waals surface area (Å²) in [5.41, 5.74) is 1.67. The minimum absolute atomic E-state index is 0.454. The van der Waals surface area contributed by atoms with Gasteiger partial charge in [0.1, 0.15) is 17.3 Å². The molecule has 0 spiro atoms. The van der Waals surface area contributed by atoms with Gasteiger partial charge in [0.25, 0.3) is 0 Å². The maximum Gasteiger partial charge on any atom is 0.138 e. The molecule has 3 nitrogen and oxygen atoms in total. The van der Waals surface area contributed by atoms with Crippen LogP contribution in [0.1, 0.15) is 12.5 Å². The Kier molecular flexibility index (Phi) is 4.27. The summed E-state index contributed by atoms with van der Waals surface area (Å²) in [5, 5.41) is 4.61. The zero-order valence-corrected chi connectivity index (χ0v) is 11.8. The lowest BCUT2D eigenvalue weighted by Gasteiger charge is -2.10. The van der Waals surface area contributed by atoms with Gasteiger partial charge in [-0.25, -0.2) is 9.97 Å². The topological polar surface area (TPSA) is 37.8 Å². The SMILES string of the molecule is CCc1c(Cl)ncnc1Nc1ccc(Cl)c(Cl)c1. The smallest absolute Gasteiger partial charge is 0.138 e. The third-order valence-electron chi connectivity index (χ3n) is 2.43. The maximum absolute atomic E-state index is 6.01. The van der Waals surface area contributed by atoms with E-state index in [1.807, 2.05) is 13.0 Å². The van der Waals surface area contributed by atoms with E-state index in [1.165, 1.54) is 6.33 Å². The predicted octanol–water partition coefficient (Wildman–Crippen LogP) is 4.74. The standard InChI is InChI=1S/C12H10Cl3N3/c1-2-8-11(15)16-6-17-12(8)18-7-3-4-9(13)10(14)5-7/h3-6H,2H2,1H3,(H,16,17,18). The molecule has 1 aromatic carbocycles. The third kappa shape index (κ3) is 2.86. The van der Waals surface area contributed by atoms with Gasteiger partial charge >= 0.3 is 0 Å². The van der Waals surface area contributed by atoms with Crippen molar-refractivity contribution in [3.05, 3.63) is 45.3 Å². The van der Waals surface area contributed by atoms with E-state index in [4.69, 9.17) is 34.8 Å². The molecule has 94 valence electrons. The van der Waals surface area contributed by atoms with E-state index in [1.54, 1.807) is 12.1 Å². The van der Waals surface area contributed by atoms with Crippen LogP contribution in [0.15, 0.2) is 24.5 Å².